The van der Waals surface area contributed by atoms with E-state index in [4.69, 9.17) is 14.2 Å². The number of aromatic hydroxyl groups is 1. The van der Waals surface area contributed by atoms with E-state index in [-0.39, 0.29) is 39.9 Å². The predicted octanol–water partition coefficient (Wildman–Crippen LogP) is 4.14. The van der Waals surface area contributed by atoms with Crippen LogP contribution in [0.2, 0.25) is 0 Å². The van der Waals surface area contributed by atoms with Crippen LogP contribution in [0.5, 0.6) is 11.5 Å². The van der Waals surface area contributed by atoms with Gasteiger partial charge in [-0.05, 0) is 47.4 Å². The first-order chi connectivity index (χ1) is 14.5. The van der Waals surface area contributed by atoms with Crippen LogP contribution in [0, 0.1) is 28.1 Å². The molecule has 170 valence electrons. The van der Waals surface area contributed by atoms with Crippen molar-refractivity contribution in [3.05, 3.63) is 29.8 Å². The molecular formula is C25H34O6. The lowest BCUT2D eigenvalue weighted by Crippen LogP contribution is -2.56. The Morgan fingerprint density at radius 1 is 1.23 bits per heavy atom. The summed E-state index contributed by atoms with van der Waals surface area (Å²) in [6, 6.07) is 4.89. The van der Waals surface area contributed by atoms with E-state index >= 15 is 0 Å². The van der Waals surface area contributed by atoms with Gasteiger partial charge in [0.05, 0.1) is 13.7 Å². The number of aliphatic hydroxyl groups excluding tert-OH is 1. The lowest BCUT2D eigenvalue weighted by Gasteiger charge is -2.59. The summed E-state index contributed by atoms with van der Waals surface area (Å²) >= 11 is 0. The van der Waals surface area contributed by atoms with Gasteiger partial charge in [0.2, 0.25) is 0 Å². The lowest BCUT2D eigenvalue weighted by atomic mass is 9.46. The molecule has 0 amide bonds. The molecule has 3 fully saturated rings. The van der Waals surface area contributed by atoms with E-state index in [1.54, 1.807) is 18.2 Å². The lowest BCUT2D eigenvalue weighted by molar-refractivity contribution is -0.193. The Morgan fingerprint density at radius 2 is 1.97 bits per heavy atom. The van der Waals surface area contributed by atoms with Gasteiger partial charge in [-0.15, -0.1) is 0 Å². The fraction of sp³-hybridized carbons (Fsp3) is 0.640. The quantitative estimate of drug-likeness (QED) is 0.552. The van der Waals surface area contributed by atoms with Gasteiger partial charge in [-0.2, -0.15) is 0 Å². The molecule has 0 spiro atoms. The predicted molar refractivity (Wildman–Crippen MR) is 116 cm³/mol. The van der Waals surface area contributed by atoms with E-state index in [1.807, 2.05) is 0 Å². The summed E-state index contributed by atoms with van der Waals surface area (Å²) in [5.41, 5.74) is 0.278. The standard InChI is InChI=1S/C25H34O6/c1-23(2)11-6-12-24(3)21(16-14-30-22(28)20(16)25(23,24)4)31-19(27)10-8-15-7-9-17(26)18(13-15)29-5/h7-10,13,16,20-22,26,28H,6,11-12,14H2,1-5H3/b10-8-/t16-,20-,21+,22-,24+,25+/m0/s1. The third-order valence-corrected chi connectivity index (χ3v) is 8.86. The number of fused-ring (bicyclic) bond motifs is 3. The van der Waals surface area contributed by atoms with E-state index in [9.17, 15) is 15.0 Å². The minimum atomic E-state index is -0.824. The summed E-state index contributed by atoms with van der Waals surface area (Å²) in [5.74, 6) is -0.0967. The number of hydrogen-bond acceptors (Lipinski definition) is 6. The molecule has 3 aliphatic rings. The van der Waals surface area contributed by atoms with Crippen molar-refractivity contribution in [3.8, 4) is 11.5 Å². The Labute approximate surface area is 184 Å². The Hall–Kier alpha value is -2.05. The van der Waals surface area contributed by atoms with Crippen LogP contribution in [0.15, 0.2) is 24.3 Å². The van der Waals surface area contributed by atoms with Crippen LogP contribution >= 0.6 is 0 Å². The number of hydrogen-bond donors (Lipinski definition) is 2. The number of benzene rings is 1. The molecule has 0 radical (unpaired) electrons. The van der Waals surface area contributed by atoms with Crippen LogP contribution in [0.4, 0.5) is 0 Å². The molecule has 1 aromatic rings. The second-order valence-corrected chi connectivity index (χ2v) is 10.4. The summed E-state index contributed by atoms with van der Waals surface area (Å²) in [4.78, 5) is 12.9. The van der Waals surface area contributed by atoms with Crippen LogP contribution in [0.3, 0.4) is 0 Å². The van der Waals surface area contributed by atoms with E-state index in [0.717, 1.165) is 24.8 Å². The van der Waals surface area contributed by atoms with Crippen molar-refractivity contribution in [2.24, 2.45) is 28.1 Å². The number of carbonyl (C=O) groups is 1. The number of ether oxygens (including phenoxy) is 3. The third kappa shape index (κ3) is 3.18. The zero-order valence-corrected chi connectivity index (χ0v) is 19.1. The maximum absolute atomic E-state index is 12.9. The molecule has 1 saturated heterocycles. The maximum atomic E-state index is 12.9. The van der Waals surface area contributed by atoms with Gasteiger partial charge in [0.25, 0.3) is 0 Å². The number of carbonyl (C=O) groups excluding carboxylic acids is 1. The van der Waals surface area contributed by atoms with Crippen molar-refractivity contribution < 1.29 is 29.2 Å². The highest BCUT2D eigenvalue weighted by Crippen LogP contribution is 2.73. The number of esters is 1. The van der Waals surface area contributed by atoms with Crippen molar-refractivity contribution in [1.82, 2.24) is 0 Å². The fourth-order valence-electron chi connectivity index (χ4n) is 6.89. The second kappa shape index (κ2) is 7.52. The van der Waals surface area contributed by atoms with Crippen molar-refractivity contribution in [2.75, 3.05) is 13.7 Å². The largest absolute Gasteiger partial charge is 0.504 e. The molecule has 2 N–H and O–H groups in total. The molecule has 0 aromatic heterocycles. The zero-order chi connectivity index (χ0) is 22.6. The van der Waals surface area contributed by atoms with E-state index in [1.165, 1.54) is 19.3 Å². The van der Waals surface area contributed by atoms with E-state index in [0.29, 0.717) is 12.4 Å². The Kier molecular flexibility index (Phi) is 5.38. The highest BCUT2D eigenvalue weighted by molar-refractivity contribution is 5.87. The summed E-state index contributed by atoms with van der Waals surface area (Å²) in [7, 11) is 1.48. The van der Waals surface area contributed by atoms with Gasteiger partial charge < -0.3 is 24.4 Å². The van der Waals surface area contributed by atoms with Gasteiger partial charge in [-0.25, -0.2) is 4.79 Å². The number of methoxy groups -OCH3 is 1. The maximum Gasteiger partial charge on any atom is 0.331 e. The molecule has 6 nitrogen and oxygen atoms in total. The van der Waals surface area contributed by atoms with Gasteiger partial charge in [0.15, 0.2) is 17.8 Å². The van der Waals surface area contributed by atoms with Crippen LogP contribution in [-0.4, -0.2) is 42.3 Å². The first kappa shape index (κ1) is 22.2. The van der Waals surface area contributed by atoms with Crippen molar-refractivity contribution in [3.63, 3.8) is 0 Å². The molecule has 0 bridgehead atoms. The second-order valence-electron chi connectivity index (χ2n) is 10.4. The topological polar surface area (TPSA) is 85.2 Å². The van der Waals surface area contributed by atoms with Gasteiger partial charge >= 0.3 is 5.97 Å². The molecule has 6 heteroatoms. The Morgan fingerprint density at radius 3 is 2.68 bits per heavy atom. The monoisotopic (exact) mass is 430 g/mol. The number of phenols is 1. The van der Waals surface area contributed by atoms with Crippen molar-refractivity contribution in [1.29, 1.82) is 0 Å². The first-order valence-corrected chi connectivity index (χ1v) is 11.1. The van der Waals surface area contributed by atoms with Crippen LogP contribution in [0.1, 0.15) is 52.5 Å². The van der Waals surface area contributed by atoms with Crippen LogP contribution in [0.25, 0.3) is 6.08 Å². The Balaban J connectivity index is 1.60. The average molecular weight is 431 g/mol. The minimum absolute atomic E-state index is 0.00279. The Bertz CT molecular complexity index is 892. The first-order valence-electron chi connectivity index (χ1n) is 11.1. The fourth-order valence-corrected chi connectivity index (χ4v) is 6.89. The summed E-state index contributed by atoms with van der Waals surface area (Å²) in [6.07, 6.45) is 5.05. The van der Waals surface area contributed by atoms with Gasteiger partial charge in [-0.3, -0.25) is 0 Å². The smallest absolute Gasteiger partial charge is 0.331 e. The highest BCUT2D eigenvalue weighted by atomic mass is 16.6. The summed E-state index contributed by atoms with van der Waals surface area (Å²) in [6.45, 7) is 9.44. The van der Waals surface area contributed by atoms with E-state index in [2.05, 4.69) is 27.7 Å². The molecular weight excluding hydrogens is 396 g/mol. The molecule has 2 aliphatic carbocycles. The highest BCUT2D eigenvalue weighted by Gasteiger charge is 2.74. The normalized spacial score (nSPS) is 38.6. The van der Waals surface area contributed by atoms with Crippen molar-refractivity contribution in [2.45, 2.75) is 59.4 Å². The summed E-state index contributed by atoms with van der Waals surface area (Å²) in [5, 5.41) is 20.5. The van der Waals surface area contributed by atoms with Crippen molar-refractivity contribution >= 4 is 12.0 Å². The summed E-state index contributed by atoms with van der Waals surface area (Å²) < 4.78 is 16.9. The molecule has 0 unspecified atom stereocenters. The molecule has 31 heavy (non-hydrogen) atoms. The van der Waals surface area contributed by atoms with Gasteiger partial charge in [0.1, 0.15) is 6.10 Å². The van der Waals surface area contributed by atoms with E-state index < -0.39 is 12.3 Å². The molecule has 1 aliphatic heterocycles. The number of phenolic OH excluding ortho intramolecular Hbond substituents is 1. The van der Waals surface area contributed by atoms with Gasteiger partial charge in [0, 0.05) is 23.3 Å². The van der Waals surface area contributed by atoms with Crippen LogP contribution < -0.4 is 4.74 Å². The molecule has 6 atom stereocenters. The minimum Gasteiger partial charge on any atom is -0.504 e. The third-order valence-electron chi connectivity index (χ3n) is 8.86. The molecule has 4 rings (SSSR count). The number of rotatable bonds is 4. The SMILES string of the molecule is COc1cc(/C=C\C(=O)O[C@@H]2[C@H]3CO[C@H](O)[C@H]3[C@]3(C)C(C)(C)CCC[C@]23C)ccc1O. The zero-order valence-electron chi connectivity index (χ0n) is 19.1. The molecule has 2 saturated carbocycles. The average Bonchev–Trinajstić information content (AvgIpc) is 3.18. The molecule has 1 aromatic carbocycles. The van der Waals surface area contributed by atoms with Gasteiger partial charge in [-0.1, -0.05) is 40.2 Å². The molecule has 1 heterocycles. The number of aliphatic hydroxyl groups is 1. The van der Waals surface area contributed by atoms with Crippen LogP contribution in [-0.2, 0) is 14.3 Å².